The summed E-state index contributed by atoms with van der Waals surface area (Å²) in [5.41, 5.74) is 0. The van der Waals surface area contributed by atoms with E-state index in [0.717, 1.165) is 19.1 Å². The van der Waals surface area contributed by atoms with Gasteiger partial charge in [0.25, 0.3) is 0 Å². The van der Waals surface area contributed by atoms with Crippen LogP contribution in [0.1, 0.15) is 6.42 Å². The summed E-state index contributed by atoms with van der Waals surface area (Å²) in [6.45, 7) is 1.19. The summed E-state index contributed by atoms with van der Waals surface area (Å²) < 4.78 is 0. The van der Waals surface area contributed by atoms with Crippen molar-refractivity contribution in [3.05, 3.63) is 91.0 Å². The Hall–Kier alpha value is -2.19. The molecule has 0 aliphatic rings. The molecule has 0 atom stereocenters. The standard InChI is InChI=1S/C24H27N2OP.ClH/c1-25-24(27)20-26-18-11-19-28(21-12-5-2-6-13-21,22-14-7-3-8-15-22)23-16-9-4-10-17-23;/h2-10,12-17,26H,11,18-20H2,1H3;1H. The van der Waals surface area contributed by atoms with E-state index in [1.807, 2.05) is 0 Å². The summed E-state index contributed by atoms with van der Waals surface area (Å²) in [6, 6.07) is 32.7. The van der Waals surface area contributed by atoms with Crippen molar-refractivity contribution in [2.45, 2.75) is 6.42 Å². The van der Waals surface area contributed by atoms with Gasteiger partial charge in [-0.2, -0.15) is 0 Å². The Labute approximate surface area is 180 Å². The summed E-state index contributed by atoms with van der Waals surface area (Å²) in [5.74, 6) is 0.0234. The van der Waals surface area contributed by atoms with Gasteiger partial charge in [-0.25, -0.2) is 0 Å². The molecule has 0 heterocycles. The van der Waals surface area contributed by atoms with Crippen molar-refractivity contribution in [3.63, 3.8) is 0 Å². The Morgan fingerprint density at radius 1 is 0.759 bits per heavy atom. The highest BCUT2D eigenvalue weighted by atomic mass is 35.5. The fourth-order valence-electron chi connectivity index (χ4n) is 3.61. The number of amides is 1. The molecule has 1 amide bonds. The van der Waals surface area contributed by atoms with Crippen LogP contribution in [0.15, 0.2) is 91.0 Å². The number of halogens is 1. The highest BCUT2D eigenvalue weighted by molar-refractivity contribution is 7.95. The first kappa shape index (κ1) is 23.1. The lowest BCUT2D eigenvalue weighted by Crippen LogP contribution is -3.00. The zero-order chi connectivity index (χ0) is 19.7. The van der Waals surface area contributed by atoms with Crippen molar-refractivity contribution in [1.82, 2.24) is 10.6 Å². The van der Waals surface area contributed by atoms with Crippen LogP contribution in [0.5, 0.6) is 0 Å². The first-order valence-electron chi connectivity index (χ1n) is 9.73. The number of carbonyl (C=O) groups excluding carboxylic acids is 1. The maximum absolute atomic E-state index is 11.5. The van der Waals surface area contributed by atoms with E-state index in [2.05, 4.69) is 102 Å². The van der Waals surface area contributed by atoms with Crippen LogP contribution in [-0.4, -0.2) is 32.2 Å². The van der Waals surface area contributed by atoms with Crippen LogP contribution in [0.4, 0.5) is 0 Å². The minimum Gasteiger partial charge on any atom is -1.00 e. The van der Waals surface area contributed by atoms with Gasteiger partial charge in [0, 0.05) is 7.05 Å². The van der Waals surface area contributed by atoms with Crippen molar-refractivity contribution in [2.75, 3.05) is 26.3 Å². The van der Waals surface area contributed by atoms with Crippen molar-refractivity contribution in [2.24, 2.45) is 0 Å². The van der Waals surface area contributed by atoms with Crippen LogP contribution < -0.4 is 39.0 Å². The van der Waals surface area contributed by atoms with E-state index in [0.29, 0.717) is 6.54 Å². The van der Waals surface area contributed by atoms with E-state index in [1.165, 1.54) is 15.9 Å². The molecule has 0 aromatic heterocycles. The molecule has 0 saturated heterocycles. The molecule has 0 spiro atoms. The number of rotatable bonds is 9. The van der Waals surface area contributed by atoms with Gasteiger partial charge in [-0.3, -0.25) is 4.79 Å². The average Bonchev–Trinajstić information content (AvgIpc) is 2.78. The van der Waals surface area contributed by atoms with Crippen LogP contribution in [0.25, 0.3) is 0 Å². The summed E-state index contributed by atoms with van der Waals surface area (Å²) >= 11 is 0. The molecule has 3 rings (SSSR count). The molecule has 3 aromatic rings. The molecule has 2 N–H and O–H groups in total. The molecule has 3 nitrogen and oxygen atoms in total. The second-order valence-corrected chi connectivity index (χ2v) is 10.4. The van der Waals surface area contributed by atoms with Gasteiger partial charge in [0.15, 0.2) is 0 Å². The molecule has 0 unspecified atom stereocenters. The van der Waals surface area contributed by atoms with Crippen LogP contribution in [0, 0.1) is 0 Å². The van der Waals surface area contributed by atoms with E-state index in [1.54, 1.807) is 7.05 Å². The molecule has 0 fully saturated rings. The van der Waals surface area contributed by atoms with Crippen molar-refractivity contribution in [3.8, 4) is 0 Å². The maximum atomic E-state index is 11.5. The lowest BCUT2D eigenvalue weighted by molar-refractivity contribution is -0.119. The molecule has 5 heteroatoms. The third kappa shape index (κ3) is 5.67. The topological polar surface area (TPSA) is 41.1 Å². The molecular formula is C24H28ClN2OP. The van der Waals surface area contributed by atoms with Gasteiger partial charge >= 0.3 is 0 Å². The molecule has 152 valence electrons. The zero-order valence-corrected chi connectivity index (χ0v) is 18.4. The first-order chi connectivity index (χ1) is 13.8. The van der Waals surface area contributed by atoms with E-state index >= 15 is 0 Å². The minimum absolute atomic E-state index is 0. The van der Waals surface area contributed by atoms with Crippen molar-refractivity contribution in [1.29, 1.82) is 0 Å². The molecule has 0 bridgehead atoms. The van der Waals surface area contributed by atoms with Crippen LogP contribution in [-0.2, 0) is 4.79 Å². The highest BCUT2D eigenvalue weighted by Gasteiger charge is 2.44. The largest absolute Gasteiger partial charge is 1.00 e. The Morgan fingerprint density at radius 3 is 1.55 bits per heavy atom. The number of hydrogen-bond donors (Lipinski definition) is 2. The molecule has 0 radical (unpaired) electrons. The van der Waals surface area contributed by atoms with Gasteiger partial charge in [0.05, 0.1) is 12.7 Å². The van der Waals surface area contributed by atoms with E-state index in [9.17, 15) is 4.79 Å². The lowest BCUT2D eigenvalue weighted by Gasteiger charge is -2.27. The fourth-order valence-corrected chi connectivity index (χ4v) is 7.96. The first-order valence-corrected chi connectivity index (χ1v) is 11.7. The van der Waals surface area contributed by atoms with Crippen LogP contribution in [0.2, 0.25) is 0 Å². The smallest absolute Gasteiger partial charge is 0.233 e. The fraction of sp³-hybridized carbons (Fsp3) is 0.208. The lowest BCUT2D eigenvalue weighted by atomic mass is 10.3. The number of carbonyl (C=O) groups is 1. The third-order valence-corrected chi connectivity index (χ3v) is 9.53. The average molecular weight is 427 g/mol. The highest BCUT2D eigenvalue weighted by Crippen LogP contribution is 2.55. The second kappa shape index (κ2) is 11.7. The molecule has 0 aliphatic heterocycles. The molecular weight excluding hydrogens is 399 g/mol. The molecule has 3 aromatic carbocycles. The van der Waals surface area contributed by atoms with E-state index < -0.39 is 7.26 Å². The number of hydrogen-bond acceptors (Lipinski definition) is 2. The van der Waals surface area contributed by atoms with E-state index in [-0.39, 0.29) is 18.3 Å². The van der Waals surface area contributed by atoms with Crippen molar-refractivity contribution < 1.29 is 17.2 Å². The van der Waals surface area contributed by atoms with Crippen LogP contribution >= 0.6 is 7.26 Å². The third-order valence-electron chi connectivity index (χ3n) is 5.00. The SMILES string of the molecule is CNC(=O)CNCCC[P+](c1ccccc1)(c1ccccc1)c1ccccc1.[Cl-]. The van der Waals surface area contributed by atoms with E-state index in [4.69, 9.17) is 0 Å². The van der Waals surface area contributed by atoms with Gasteiger partial charge in [-0.15, -0.1) is 0 Å². The Balaban J connectivity index is 0.00000300. The van der Waals surface area contributed by atoms with Gasteiger partial charge in [0.1, 0.15) is 23.2 Å². The van der Waals surface area contributed by atoms with Gasteiger partial charge in [-0.1, -0.05) is 54.6 Å². The minimum atomic E-state index is -1.76. The molecule has 29 heavy (non-hydrogen) atoms. The molecule has 0 aliphatic carbocycles. The monoisotopic (exact) mass is 426 g/mol. The normalized spacial score (nSPS) is 10.8. The van der Waals surface area contributed by atoms with Gasteiger partial charge < -0.3 is 23.0 Å². The summed E-state index contributed by atoms with van der Waals surface area (Å²) in [4.78, 5) is 11.5. The summed E-state index contributed by atoms with van der Waals surface area (Å²) in [7, 11) is -0.0972. The van der Waals surface area contributed by atoms with Crippen LogP contribution in [0.3, 0.4) is 0 Å². The summed E-state index contributed by atoms with van der Waals surface area (Å²) in [5, 5.41) is 10.1. The van der Waals surface area contributed by atoms with Gasteiger partial charge in [0.2, 0.25) is 5.91 Å². The quantitative estimate of drug-likeness (QED) is 0.365. The maximum Gasteiger partial charge on any atom is 0.233 e. The predicted molar refractivity (Wildman–Crippen MR) is 122 cm³/mol. The Kier molecular flexibility index (Phi) is 9.34. The van der Waals surface area contributed by atoms with Gasteiger partial charge in [-0.05, 0) is 49.4 Å². The zero-order valence-electron chi connectivity index (χ0n) is 16.7. The number of benzene rings is 3. The molecule has 0 saturated carbocycles. The number of nitrogens with one attached hydrogen (secondary N) is 2. The Bertz CT molecular complexity index is 763. The predicted octanol–water partition coefficient (Wildman–Crippen LogP) is -0.290. The summed E-state index contributed by atoms with van der Waals surface area (Å²) in [6.07, 6.45) is 2.06. The second-order valence-electron chi connectivity index (χ2n) is 6.74. The Morgan fingerprint density at radius 2 is 1.17 bits per heavy atom. The van der Waals surface area contributed by atoms with Crippen molar-refractivity contribution >= 4 is 29.1 Å². The number of likely N-dealkylation sites (N-methyl/N-ethyl adjacent to an activating group) is 1.